The van der Waals surface area contributed by atoms with Gasteiger partial charge in [-0.15, -0.1) is 5.10 Å². The van der Waals surface area contributed by atoms with E-state index in [9.17, 15) is 9.18 Å². The first-order chi connectivity index (χ1) is 11.6. The molecule has 1 aliphatic carbocycles. The molecule has 0 aliphatic heterocycles. The summed E-state index contributed by atoms with van der Waals surface area (Å²) in [5, 5.41) is 9.92. The molecule has 0 unspecified atom stereocenters. The van der Waals surface area contributed by atoms with Crippen molar-refractivity contribution in [3.8, 4) is 0 Å². The first kappa shape index (κ1) is 14.4. The van der Waals surface area contributed by atoms with E-state index in [0.29, 0.717) is 11.7 Å². The Morgan fingerprint density at radius 2 is 2.17 bits per heavy atom. The van der Waals surface area contributed by atoms with Crippen molar-refractivity contribution >= 4 is 28.7 Å². The summed E-state index contributed by atoms with van der Waals surface area (Å²) in [5.41, 5.74) is 7.24. The van der Waals surface area contributed by atoms with Crippen LogP contribution in [0, 0.1) is 5.82 Å². The minimum atomic E-state index is -0.622. The Balaban J connectivity index is 1.70. The van der Waals surface area contributed by atoms with E-state index in [1.54, 1.807) is 6.07 Å². The van der Waals surface area contributed by atoms with Crippen molar-refractivity contribution in [3.63, 3.8) is 0 Å². The van der Waals surface area contributed by atoms with Crippen molar-refractivity contribution in [1.29, 1.82) is 0 Å². The van der Waals surface area contributed by atoms with Crippen LogP contribution in [0.15, 0.2) is 30.7 Å². The summed E-state index contributed by atoms with van der Waals surface area (Å²) >= 11 is 0. The number of hydrogen-bond donors (Lipinski definition) is 3. The van der Waals surface area contributed by atoms with Gasteiger partial charge in [-0.25, -0.2) is 13.9 Å². The van der Waals surface area contributed by atoms with Crippen LogP contribution in [0.1, 0.15) is 23.3 Å². The van der Waals surface area contributed by atoms with Gasteiger partial charge in [0.25, 0.3) is 5.91 Å². The number of nitrogens with one attached hydrogen (secondary N) is 2. The Bertz CT molecular complexity index is 935. The average molecular weight is 327 g/mol. The zero-order valence-electron chi connectivity index (χ0n) is 12.5. The predicted molar refractivity (Wildman–Crippen MR) is 86.2 cm³/mol. The number of nitrogens with two attached hydrogens (primary N) is 1. The number of pyridine rings is 1. The molecule has 3 aromatic heterocycles. The lowest BCUT2D eigenvalue weighted by molar-refractivity contribution is 0.102. The lowest BCUT2D eigenvalue weighted by Crippen LogP contribution is -2.17. The van der Waals surface area contributed by atoms with Gasteiger partial charge in [-0.1, -0.05) is 0 Å². The molecule has 0 bridgehead atoms. The molecule has 9 heteroatoms. The number of amides is 1. The van der Waals surface area contributed by atoms with Gasteiger partial charge in [0.05, 0.1) is 23.8 Å². The van der Waals surface area contributed by atoms with Crippen LogP contribution in [-0.2, 0) is 0 Å². The Kier molecular flexibility index (Phi) is 3.26. The zero-order valence-corrected chi connectivity index (χ0v) is 12.5. The lowest BCUT2D eigenvalue weighted by atomic mass is 10.3. The van der Waals surface area contributed by atoms with Crippen LogP contribution in [0.2, 0.25) is 0 Å². The van der Waals surface area contributed by atoms with E-state index in [0.717, 1.165) is 24.7 Å². The fourth-order valence-electron chi connectivity index (χ4n) is 2.36. The Morgan fingerprint density at radius 3 is 2.92 bits per heavy atom. The fourth-order valence-corrected chi connectivity index (χ4v) is 2.36. The largest absolute Gasteiger partial charge is 0.382 e. The van der Waals surface area contributed by atoms with Crippen LogP contribution >= 0.6 is 0 Å². The Morgan fingerprint density at radius 1 is 1.33 bits per heavy atom. The first-order valence-electron chi connectivity index (χ1n) is 7.43. The van der Waals surface area contributed by atoms with Gasteiger partial charge >= 0.3 is 0 Å². The quantitative estimate of drug-likeness (QED) is 0.672. The van der Waals surface area contributed by atoms with Gasteiger partial charge in [0.2, 0.25) is 0 Å². The minimum Gasteiger partial charge on any atom is -0.382 e. The maximum absolute atomic E-state index is 13.6. The average Bonchev–Trinajstić information content (AvgIpc) is 3.26. The highest BCUT2D eigenvalue weighted by molar-refractivity contribution is 6.03. The number of carbonyl (C=O) groups is 1. The Labute approximate surface area is 135 Å². The van der Waals surface area contributed by atoms with Gasteiger partial charge < -0.3 is 16.4 Å². The molecule has 0 atom stereocenters. The molecular weight excluding hydrogens is 313 g/mol. The van der Waals surface area contributed by atoms with Gasteiger partial charge in [0.1, 0.15) is 5.82 Å². The standard InChI is InChI=1S/C15H14FN7O/c16-9-6-18-4-3-10(9)21-15(24)12-7-19-14-11(20-8-1-2-8)5-13(17)22-23(12)14/h3-8,20H,1-2H2,(H2,17,22)(H,18,21,24). The monoisotopic (exact) mass is 327 g/mol. The SMILES string of the molecule is Nc1cc(NC2CC2)c2ncc(C(=O)Nc3ccncc3F)n2n1. The van der Waals surface area contributed by atoms with Crippen molar-refractivity contribution < 1.29 is 9.18 Å². The van der Waals surface area contributed by atoms with Gasteiger partial charge in [0.15, 0.2) is 17.2 Å². The molecule has 4 N–H and O–H groups in total. The second kappa shape index (κ2) is 5.44. The molecule has 3 heterocycles. The predicted octanol–water partition coefficient (Wildman–Crippen LogP) is 1.67. The molecular formula is C15H14FN7O. The normalized spacial score (nSPS) is 13.9. The number of fused-ring (bicyclic) bond motifs is 1. The molecule has 122 valence electrons. The lowest BCUT2D eigenvalue weighted by Gasteiger charge is -2.09. The summed E-state index contributed by atoms with van der Waals surface area (Å²) in [6, 6.07) is 3.46. The van der Waals surface area contributed by atoms with Gasteiger partial charge in [-0.3, -0.25) is 9.78 Å². The van der Waals surface area contributed by atoms with E-state index in [2.05, 4.69) is 25.7 Å². The fraction of sp³-hybridized carbons (Fsp3) is 0.200. The molecule has 4 rings (SSSR count). The minimum absolute atomic E-state index is 0.0326. The van der Waals surface area contributed by atoms with Crippen LogP contribution in [-0.4, -0.2) is 31.5 Å². The second-order valence-corrected chi connectivity index (χ2v) is 5.59. The zero-order chi connectivity index (χ0) is 16.7. The second-order valence-electron chi connectivity index (χ2n) is 5.59. The third-order valence-corrected chi connectivity index (χ3v) is 3.68. The highest BCUT2D eigenvalue weighted by Gasteiger charge is 2.24. The molecule has 8 nitrogen and oxygen atoms in total. The third-order valence-electron chi connectivity index (χ3n) is 3.68. The van der Waals surface area contributed by atoms with Crippen LogP contribution in [0.25, 0.3) is 5.65 Å². The molecule has 0 aromatic carbocycles. The van der Waals surface area contributed by atoms with Crippen molar-refractivity contribution in [2.75, 3.05) is 16.4 Å². The third kappa shape index (κ3) is 2.60. The summed E-state index contributed by atoms with van der Waals surface area (Å²) < 4.78 is 15.0. The molecule has 1 aliphatic rings. The number of hydrogen-bond acceptors (Lipinski definition) is 6. The molecule has 24 heavy (non-hydrogen) atoms. The molecule has 1 amide bonds. The maximum atomic E-state index is 13.6. The molecule has 1 saturated carbocycles. The highest BCUT2D eigenvalue weighted by Crippen LogP contribution is 2.28. The number of nitrogen functional groups attached to an aromatic ring is 1. The molecule has 0 spiro atoms. The number of nitrogens with zero attached hydrogens (tertiary/aromatic N) is 4. The highest BCUT2D eigenvalue weighted by atomic mass is 19.1. The van der Waals surface area contributed by atoms with Gasteiger partial charge in [-0.05, 0) is 18.9 Å². The number of carbonyl (C=O) groups excluding carboxylic acids is 1. The van der Waals surface area contributed by atoms with Crippen LogP contribution in [0.5, 0.6) is 0 Å². The van der Waals surface area contributed by atoms with Gasteiger partial charge in [0, 0.05) is 18.3 Å². The van der Waals surface area contributed by atoms with Crippen molar-refractivity contribution in [2.24, 2.45) is 0 Å². The molecule has 0 radical (unpaired) electrons. The van der Waals surface area contributed by atoms with E-state index >= 15 is 0 Å². The van der Waals surface area contributed by atoms with Crippen molar-refractivity contribution in [3.05, 3.63) is 42.2 Å². The van der Waals surface area contributed by atoms with E-state index in [1.807, 2.05) is 0 Å². The number of imidazole rings is 1. The van der Waals surface area contributed by atoms with Crippen LogP contribution in [0.4, 0.5) is 21.6 Å². The van der Waals surface area contributed by atoms with E-state index < -0.39 is 11.7 Å². The first-order valence-corrected chi connectivity index (χ1v) is 7.43. The Hall–Kier alpha value is -3.23. The van der Waals surface area contributed by atoms with Crippen molar-refractivity contribution in [1.82, 2.24) is 19.6 Å². The summed E-state index contributed by atoms with van der Waals surface area (Å²) in [7, 11) is 0. The summed E-state index contributed by atoms with van der Waals surface area (Å²) in [5.74, 6) is -0.904. The number of anilines is 3. The number of rotatable bonds is 4. The number of halogens is 1. The number of aromatic nitrogens is 4. The van der Waals surface area contributed by atoms with Crippen LogP contribution in [0.3, 0.4) is 0 Å². The molecule has 0 saturated heterocycles. The topological polar surface area (TPSA) is 110 Å². The van der Waals surface area contributed by atoms with E-state index in [4.69, 9.17) is 5.73 Å². The van der Waals surface area contributed by atoms with Crippen LogP contribution < -0.4 is 16.4 Å². The van der Waals surface area contributed by atoms with Gasteiger partial charge in [-0.2, -0.15) is 0 Å². The summed E-state index contributed by atoms with van der Waals surface area (Å²) in [6.45, 7) is 0. The molecule has 1 fully saturated rings. The van der Waals surface area contributed by atoms with Crippen molar-refractivity contribution in [2.45, 2.75) is 18.9 Å². The summed E-state index contributed by atoms with van der Waals surface area (Å²) in [4.78, 5) is 20.3. The summed E-state index contributed by atoms with van der Waals surface area (Å²) in [6.07, 6.45) is 5.97. The molecule has 3 aromatic rings. The maximum Gasteiger partial charge on any atom is 0.276 e. The van der Waals surface area contributed by atoms with E-state index in [1.165, 1.54) is 23.0 Å². The van der Waals surface area contributed by atoms with E-state index in [-0.39, 0.29) is 17.2 Å². The smallest absolute Gasteiger partial charge is 0.276 e.